The Morgan fingerprint density at radius 1 is 1.07 bits per heavy atom. The van der Waals surface area contributed by atoms with Crippen molar-refractivity contribution in [3.63, 3.8) is 0 Å². The van der Waals surface area contributed by atoms with Gasteiger partial charge in [0.25, 0.3) is 0 Å². The summed E-state index contributed by atoms with van der Waals surface area (Å²) < 4.78 is 20.6. The Bertz CT molecular complexity index is 796. The van der Waals surface area contributed by atoms with Crippen LogP contribution >= 0.6 is 0 Å². The molecule has 0 spiro atoms. The molecule has 3 aliphatic carbocycles. The van der Waals surface area contributed by atoms with E-state index in [2.05, 4.69) is 59.8 Å². The molecule has 0 aromatic rings. The predicted molar refractivity (Wildman–Crippen MR) is 118 cm³/mol. The van der Waals surface area contributed by atoms with Crippen LogP contribution in [0, 0.1) is 23.2 Å². The zero-order valence-corrected chi connectivity index (χ0v) is 23.3. The first-order valence-electron chi connectivity index (χ1n) is 11.8. The second kappa shape index (κ2) is 7.20. The van der Waals surface area contributed by atoms with Gasteiger partial charge in [-0.2, -0.15) is 0 Å². The first-order valence-corrected chi connectivity index (χ1v) is 19.2. The zero-order valence-electron chi connectivity index (χ0n) is 19.3. The Morgan fingerprint density at radius 2 is 1.77 bits per heavy atom. The molecular formula is C23H37MoO4Si2. The number of hydrogen-bond acceptors (Lipinski definition) is 4. The molecule has 2 heterocycles. The summed E-state index contributed by atoms with van der Waals surface area (Å²) in [5.41, 5.74) is 3.34. The van der Waals surface area contributed by atoms with E-state index in [1.807, 2.05) is 0 Å². The molecule has 0 aromatic carbocycles. The van der Waals surface area contributed by atoms with Gasteiger partial charge in [-0.15, -0.1) is 0 Å². The van der Waals surface area contributed by atoms with Crippen LogP contribution in [0.5, 0.6) is 0 Å². The molecule has 7 heteroatoms. The van der Waals surface area contributed by atoms with E-state index in [1.54, 1.807) is 0 Å². The SMILES string of the molecule is CC1=C2C[C@@H](C[C@@H]1[Mo])C[C@H]1[C@H]3CO[C@H]3CC3O[Si](C)(C)C[Si](C)(C)OC2C(=O)[C@]31C. The van der Waals surface area contributed by atoms with E-state index in [1.165, 1.54) is 17.6 Å². The van der Waals surface area contributed by atoms with Crippen molar-refractivity contribution in [1.29, 1.82) is 0 Å². The normalized spacial score (nSPS) is 49.5. The van der Waals surface area contributed by atoms with Crippen LogP contribution in [0.25, 0.3) is 0 Å². The Kier molecular flexibility index (Phi) is 5.33. The Morgan fingerprint density at radius 3 is 2.43 bits per heavy atom. The fourth-order valence-corrected chi connectivity index (χ4v) is 19.4. The number of hydrogen-bond donors (Lipinski definition) is 0. The summed E-state index contributed by atoms with van der Waals surface area (Å²) >= 11 is 2.26. The molecule has 167 valence electrons. The van der Waals surface area contributed by atoms with Gasteiger partial charge in [0.2, 0.25) is 0 Å². The minimum atomic E-state index is -2.05. The predicted octanol–water partition coefficient (Wildman–Crippen LogP) is 4.80. The number of allylic oxidation sites excluding steroid dienone is 1. The quantitative estimate of drug-likeness (QED) is 0.334. The Hall–Kier alpha value is 0.412. The average molecular weight is 530 g/mol. The monoisotopic (exact) mass is 531 g/mol. The van der Waals surface area contributed by atoms with Crippen LogP contribution in [0.1, 0.15) is 39.5 Å². The van der Waals surface area contributed by atoms with E-state index in [9.17, 15) is 4.79 Å². The molecule has 4 bridgehead atoms. The molecule has 5 aliphatic rings. The third kappa shape index (κ3) is 3.39. The topological polar surface area (TPSA) is 44.8 Å². The van der Waals surface area contributed by atoms with E-state index in [4.69, 9.17) is 13.6 Å². The number of rotatable bonds is 0. The molecule has 2 saturated carbocycles. The molecule has 2 unspecified atom stereocenters. The number of ether oxygens (including phenoxy) is 1. The van der Waals surface area contributed by atoms with Gasteiger partial charge in [-0.25, -0.2) is 0 Å². The molecule has 30 heavy (non-hydrogen) atoms. The van der Waals surface area contributed by atoms with Crippen molar-refractivity contribution < 1.29 is 38.2 Å². The fourth-order valence-electron chi connectivity index (χ4n) is 7.50. The van der Waals surface area contributed by atoms with Gasteiger partial charge in [0.1, 0.15) is 0 Å². The first kappa shape index (κ1) is 22.2. The molecule has 0 amide bonds. The van der Waals surface area contributed by atoms with Crippen LogP contribution in [0.4, 0.5) is 0 Å². The third-order valence-corrected chi connectivity index (χ3v) is 18.8. The Balaban J connectivity index is 1.70. The second-order valence-corrected chi connectivity index (χ2v) is 22.4. The molecule has 2 saturated heterocycles. The molecule has 4 fully saturated rings. The van der Waals surface area contributed by atoms with Crippen molar-refractivity contribution >= 4 is 22.4 Å². The van der Waals surface area contributed by atoms with Crippen molar-refractivity contribution in [2.45, 2.75) is 94.0 Å². The number of carbonyl (C=O) groups excluding carboxylic acids is 1. The zero-order chi connectivity index (χ0) is 21.6. The van der Waals surface area contributed by atoms with Crippen LogP contribution in [0.15, 0.2) is 11.1 Å². The first-order chi connectivity index (χ1) is 13.9. The van der Waals surface area contributed by atoms with Crippen LogP contribution in [-0.2, 0) is 38.2 Å². The van der Waals surface area contributed by atoms with Gasteiger partial charge in [0.15, 0.2) is 0 Å². The summed E-state index contributed by atoms with van der Waals surface area (Å²) in [7, 11) is -4.02. The number of carbonyl (C=O) groups is 1. The summed E-state index contributed by atoms with van der Waals surface area (Å²) in [5, 5.41) is 0. The molecule has 4 nitrogen and oxygen atoms in total. The van der Waals surface area contributed by atoms with Gasteiger partial charge in [0, 0.05) is 0 Å². The number of Topliss-reactive ketones (excluding diaryl/α,β-unsaturated/α-hetero) is 1. The summed E-state index contributed by atoms with van der Waals surface area (Å²) in [6.45, 7) is 14.6. The van der Waals surface area contributed by atoms with E-state index in [-0.39, 0.29) is 18.3 Å². The van der Waals surface area contributed by atoms with E-state index < -0.39 is 22.0 Å². The van der Waals surface area contributed by atoms with Crippen LogP contribution in [-0.4, -0.2) is 47.3 Å². The summed E-state index contributed by atoms with van der Waals surface area (Å²) in [6, 6.07) is 0. The van der Waals surface area contributed by atoms with E-state index in [0.717, 1.165) is 31.5 Å². The van der Waals surface area contributed by atoms with Gasteiger partial charge >= 0.3 is 196 Å². The maximum atomic E-state index is 14.5. The molecule has 2 aliphatic heterocycles. The van der Waals surface area contributed by atoms with E-state index in [0.29, 0.717) is 27.8 Å². The minimum absolute atomic E-state index is 0.0231. The van der Waals surface area contributed by atoms with Crippen LogP contribution < -0.4 is 0 Å². The molecule has 0 N–H and O–H groups in total. The van der Waals surface area contributed by atoms with Crippen molar-refractivity contribution in [1.82, 2.24) is 0 Å². The number of ketones is 1. The van der Waals surface area contributed by atoms with Crippen molar-refractivity contribution in [3.05, 3.63) is 11.1 Å². The van der Waals surface area contributed by atoms with Gasteiger partial charge in [0.05, 0.1) is 0 Å². The molecule has 5 rings (SSSR count). The molecule has 8 atom stereocenters. The van der Waals surface area contributed by atoms with Crippen molar-refractivity contribution in [2.24, 2.45) is 23.2 Å². The van der Waals surface area contributed by atoms with Crippen LogP contribution in [0.2, 0.25) is 36.2 Å². The van der Waals surface area contributed by atoms with Gasteiger partial charge in [-0.1, -0.05) is 0 Å². The van der Waals surface area contributed by atoms with Crippen molar-refractivity contribution in [2.75, 3.05) is 6.61 Å². The standard InChI is InChI=1S/C23H37O4Si2.Mo/c1-14-7-8-15-9-16(14)21-22(24)23(2)18(10-15)17-12-25-19(17)11-20(23)26-28(3,4)13-29(5,6)27-21;/h7,15,17-21H,8-13H2,1-6H3;/t15-,17-,18+,19+,20?,21?,23+;/m1./s1. The van der Waals surface area contributed by atoms with Gasteiger partial charge in [-0.05, 0) is 0 Å². The van der Waals surface area contributed by atoms with Crippen molar-refractivity contribution in [3.8, 4) is 0 Å². The molecular weight excluding hydrogens is 492 g/mol. The van der Waals surface area contributed by atoms with Crippen LogP contribution in [0.3, 0.4) is 0 Å². The maximum absolute atomic E-state index is 14.5. The van der Waals surface area contributed by atoms with Gasteiger partial charge in [-0.3, -0.25) is 0 Å². The van der Waals surface area contributed by atoms with E-state index >= 15 is 0 Å². The number of fused-ring (bicyclic) bond motifs is 6. The third-order valence-electron chi connectivity index (χ3n) is 8.85. The second-order valence-electron chi connectivity index (χ2n) is 12.1. The summed E-state index contributed by atoms with van der Waals surface area (Å²) in [4.78, 5) is 14.5. The molecule has 0 aromatic heterocycles. The fraction of sp³-hybridized carbons (Fsp3) is 0.870. The molecule has 0 radical (unpaired) electrons. The average Bonchev–Trinajstić information content (AvgIpc) is 2.62. The Labute approximate surface area is 195 Å². The summed E-state index contributed by atoms with van der Waals surface area (Å²) in [5.74, 6) is 1.86. The van der Waals surface area contributed by atoms with Gasteiger partial charge < -0.3 is 0 Å². The summed E-state index contributed by atoms with van der Waals surface area (Å²) in [6.07, 6.45) is 4.24.